The molecule has 0 radical (unpaired) electrons. The molecular formula is C17H22N4O. The van der Waals surface area contributed by atoms with Crippen LogP contribution in [0.25, 0.3) is 10.4 Å². The van der Waals surface area contributed by atoms with Gasteiger partial charge in [0.1, 0.15) is 0 Å². The summed E-state index contributed by atoms with van der Waals surface area (Å²) in [6, 6.07) is 8.49. The molecule has 0 aromatic heterocycles. The summed E-state index contributed by atoms with van der Waals surface area (Å²) in [6.45, 7) is 1.06. The van der Waals surface area contributed by atoms with Crippen molar-refractivity contribution < 1.29 is 4.79 Å². The maximum atomic E-state index is 12.1. The van der Waals surface area contributed by atoms with Crippen molar-refractivity contribution >= 4 is 11.6 Å². The summed E-state index contributed by atoms with van der Waals surface area (Å²) >= 11 is 0. The maximum absolute atomic E-state index is 12.1. The molecule has 1 aliphatic carbocycles. The van der Waals surface area contributed by atoms with Crippen LogP contribution >= 0.6 is 0 Å². The van der Waals surface area contributed by atoms with Crippen LogP contribution in [0.5, 0.6) is 0 Å². The lowest BCUT2D eigenvalue weighted by atomic mass is 9.84. The Kier molecular flexibility index (Phi) is 4.64. The maximum Gasteiger partial charge on any atom is 0.227 e. The third-order valence-electron chi connectivity index (χ3n) is 4.89. The zero-order valence-electron chi connectivity index (χ0n) is 12.8. The number of carbonyl (C=O) groups is 1. The Labute approximate surface area is 130 Å². The van der Waals surface area contributed by atoms with Crippen molar-refractivity contribution in [1.82, 2.24) is 0 Å². The number of anilines is 1. The van der Waals surface area contributed by atoms with Crippen LogP contribution in [-0.2, 0) is 4.79 Å². The first-order chi connectivity index (χ1) is 10.8. The summed E-state index contributed by atoms with van der Waals surface area (Å²) in [4.78, 5) is 16.7. The van der Waals surface area contributed by atoms with Crippen molar-refractivity contribution in [2.45, 2.75) is 44.4 Å². The Morgan fingerprint density at radius 3 is 2.59 bits per heavy atom. The zero-order chi connectivity index (χ0) is 15.4. The minimum absolute atomic E-state index is 0.128. The van der Waals surface area contributed by atoms with Crippen LogP contribution in [0.1, 0.15) is 50.0 Å². The second-order valence-corrected chi connectivity index (χ2v) is 6.41. The molecule has 5 heteroatoms. The van der Waals surface area contributed by atoms with Gasteiger partial charge in [0.25, 0.3) is 0 Å². The van der Waals surface area contributed by atoms with Crippen LogP contribution in [0.2, 0.25) is 0 Å². The Hall–Kier alpha value is -2.00. The molecule has 1 saturated heterocycles. The molecule has 1 aromatic rings. The zero-order valence-corrected chi connectivity index (χ0v) is 12.8. The fourth-order valence-corrected chi connectivity index (χ4v) is 3.67. The Bertz CT molecular complexity index is 571. The lowest BCUT2D eigenvalue weighted by Gasteiger charge is -2.23. The molecule has 2 aliphatic rings. The van der Waals surface area contributed by atoms with E-state index in [4.69, 9.17) is 5.53 Å². The average Bonchev–Trinajstić information content (AvgIpc) is 2.95. The first-order valence-electron chi connectivity index (χ1n) is 8.19. The van der Waals surface area contributed by atoms with Gasteiger partial charge in [0, 0.05) is 30.1 Å². The molecule has 2 fully saturated rings. The van der Waals surface area contributed by atoms with Gasteiger partial charge in [-0.25, -0.2) is 0 Å². The monoisotopic (exact) mass is 298 g/mol. The number of benzene rings is 1. The third kappa shape index (κ3) is 3.25. The van der Waals surface area contributed by atoms with Gasteiger partial charge in [-0.1, -0.05) is 36.5 Å². The SMILES string of the molecule is [N-]=[N+]=NCC1CC(=O)N(c2ccc(C3CCCCC3)cc2)C1. The molecule has 0 spiro atoms. The van der Waals surface area contributed by atoms with E-state index in [1.54, 1.807) is 0 Å². The lowest BCUT2D eigenvalue weighted by molar-refractivity contribution is -0.117. The molecular weight excluding hydrogens is 276 g/mol. The van der Waals surface area contributed by atoms with Crippen LogP contribution in [0.4, 0.5) is 5.69 Å². The van der Waals surface area contributed by atoms with E-state index < -0.39 is 0 Å². The van der Waals surface area contributed by atoms with E-state index >= 15 is 0 Å². The summed E-state index contributed by atoms with van der Waals surface area (Å²) < 4.78 is 0. The van der Waals surface area contributed by atoms with E-state index in [0.29, 0.717) is 25.4 Å². The summed E-state index contributed by atoms with van der Waals surface area (Å²) in [6.07, 6.45) is 7.08. The summed E-state index contributed by atoms with van der Waals surface area (Å²) in [7, 11) is 0. The van der Waals surface area contributed by atoms with Gasteiger partial charge in [-0.05, 0) is 47.9 Å². The molecule has 5 nitrogen and oxygen atoms in total. The van der Waals surface area contributed by atoms with Gasteiger partial charge in [-0.2, -0.15) is 0 Å². The normalized spacial score (nSPS) is 22.6. The molecule has 0 N–H and O–H groups in total. The first-order valence-corrected chi connectivity index (χ1v) is 8.19. The molecule has 1 atom stereocenters. The van der Waals surface area contributed by atoms with E-state index in [2.05, 4.69) is 34.3 Å². The number of nitrogens with zero attached hydrogens (tertiary/aromatic N) is 4. The highest BCUT2D eigenvalue weighted by Crippen LogP contribution is 2.34. The second kappa shape index (κ2) is 6.84. The minimum Gasteiger partial charge on any atom is -0.312 e. The third-order valence-corrected chi connectivity index (χ3v) is 4.89. The Morgan fingerprint density at radius 1 is 1.18 bits per heavy atom. The minimum atomic E-state index is 0.128. The largest absolute Gasteiger partial charge is 0.312 e. The Morgan fingerprint density at radius 2 is 1.91 bits per heavy atom. The van der Waals surface area contributed by atoms with E-state index in [9.17, 15) is 4.79 Å². The quantitative estimate of drug-likeness (QED) is 0.461. The molecule has 1 saturated carbocycles. The van der Waals surface area contributed by atoms with Gasteiger partial charge < -0.3 is 4.90 Å². The van der Waals surface area contributed by atoms with E-state index in [0.717, 1.165) is 5.69 Å². The Balaban J connectivity index is 1.67. The van der Waals surface area contributed by atoms with Gasteiger partial charge in [0.05, 0.1) is 0 Å². The number of hydrogen-bond donors (Lipinski definition) is 0. The van der Waals surface area contributed by atoms with Crippen molar-refractivity contribution in [3.63, 3.8) is 0 Å². The summed E-state index contributed by atoms with van der Waals surface area (Å²) in [5, 5.41) is 3.59. The van der Waals surface area contributed by atoms with Gasteiger partial charge in [0.15, 0.2) is 0 Å². The van der Waals surface area contributed by atoms with Crippen LogP contribution in [-0.4, -0.2) is 19.0 Å². The number of amides is 1. The second-order valence-electron chi connectivity index (χ2n) is 6.41. The van der Waals surface area contributed by atoms with Gasteiger partial charge in [-0.15, -0.1) is 0 Å². The molecule has 116 valence electrons. The van der Waals surface area contributed by atoms with Crippen molar-refractivity contribution in [3.05, 3.63) is 40.3 Å². The molecule has 1 heterocycles. The van der Waals surface area contributed by atoms with Crippen LogP contribution in [0.3, 0.4) is 0 Å². The number of hydrogen-bond acceptors (Lipinski definition) is 2. The summed E-state index contributed by atoms with van der Waals surface area (Å²) in [5.41, 5.74) is 10.8. The first kappa shape index (κ1) is 14.9. The number of rotatable bonds is 4. The van der Waals surface area contributed by atoms with Crippen LogP contribution < -0.4 is 4.90 Å². The topological polar surface area (TPSA) is 69.1 Å². The number of azide groups is 1. The van der Waals surface area contributed by atoms with Gasteiger partial charge in [-0.3, -0.25) is 4.79 Å². The number of carbonyl (C=O) groups excluding carboxylic acids is 1. The predicted octanol–water partition coefficient (Wildman–Crippen LogP) is 4.40. The lowest BCUT2D eigenvalue weighted by Crippen LogP contribution is -2.24. The van der Waals surface area contributed by atoms with Crippen LogP contribution in [0.15, 0.2) is 29.4 Å². The average molecular weight is 298 g/mol. The molecule has 22 heavy (non-hydrogen) atoms. The molecule has 1 aromatic carbocycles. The molecule has 1 aliphatic heterocycles. The smallest absolute Gasteiger partial charge is 0.227 e. The van der Waals surface area contributed by atoms with E-state index in [1.807, 2.05) is 4.90 Å². The highest BCUT2D eigenvalue weighted by atomic mass is 16.2. The predicted molar refractivity (Wildman–Crippen MR) is 86.7 cm³/mol. The highest BCUT2D eigenvalue weighted by Gasteiger charge is 2.30. The fourth-order valence-electron chi connectivity index (χ4n) is 3.67. The standard InChI is InChI=1S/C17H22N4O/c18-20-19-11-13-10-17(22)21(12-13)16-8-6-15(7-9-16)14-4-2-1-3-5-14/h6-9,13-14H,1-5,10-12H2. The van der Waals surface area contributed by atoms with E-state index in [1.165, 1.54) is 37.7 Å². The van der Waals surface area contributed by atoms with Gasteiger partial charge in [0.2, 0.25) is 5.91 Å². The van der Waals surface area contributed by atoms with Crippen molar-refractivity contribution in [1.29, 1.82) is 0 Å². The van der Waals surface area contributed by atoms with Crippen molar-refractivity contribution in [2.75, 3.05) is 18.0 Å². The molecule has 1 unspecified atom stereocenters. The van der Waals surface area contributed by atoms with Crippen LogP contribution in [0, 0.1) is 5.92 Å². The molecule has 1 amide bonds. The van der Waals surface area contributed by atoms with Gasteiger partial charge >= 0.3 is 0 Å². The fraction of sp³-hybridized carbons (Fsp3) is 0.588. The summed E-state index contributed by atoms with van der Waals surface area (Å²) in [5.74, 6) is 0.958. The molecule has 0 bridgehead atoms. The van der Waals surface area contributed by atoms with Crippen molar-refractivity contribution in [2.24, 2.45) is 11.0 Å². The molecule has 3 rings (SSSR count). The highest BCUT2D eigenvalue weighted by molar-refractivity contribution is 5.95. The van der Waals surface area contributed by atoms with Crippen molar-refractivity contribution in [3.8, 4) is 0 Å². The van der Waals surface area contributed by atoms with E-state index in [-0.39, 0.29) is 11.8 Å².